The van der Waals surface area contributed by atoms with Crippen molar-refractivity contribution in [2.45, 2.75) is 52.6 Å². The number of aryl methyl sites for hydroxylation is 1. The van der Waals surface area contributed by atoms with Crippen molar-refractivity contribution in [3.63, 3.8) is 0 Å². The second-order valence-corrected chi connectivity index (χ2v) is 9.18. The molecule has 0 saturated heterocycles. The average molecular weight is 463 g/mol. The molecular weight excluding hydrogens is 428 g/mol. The molecule has 2 aromatic carbocycles. The topological polar surface area (TPSA) is 69.5 Å². The van der Waals surface area contributed by atoms with Gasteiger partial charge in [0, 0.05) is 18.5 Å². The standard InChI is InChI=1S/C27H34N4O3/c1-19(2)17-25(32)30-14-8-9-21-12-13-23(33-4)24(18-21)34-16-15-31-27(20(30)3)28-26(29-31)22-10-6-5-7-11-22/h5-7,10-13,18-20H,8-9,14-17H2,1-4H3/t20-/m1/s1. The van der Waals surface area contributed by atoms with Crippen LogP contribution in [0.1, 0.15) is 51.0 Å². The molecule has 2 bridgehead atoms. The molecule has 0 radical (unpaired) electrons. The lowest BCUT2D eigenvalue weighted by Crippen LogP contribution is -2.36. The predicted molar refractivity (Wildman–Crippen MR) is 132 cm³/mol. The summed E-state index contributed by atoms with van der Waals surface area (Å²) in [6.07, 6.45) is 2.21. The molecule has 34 heavy (non-hydrogen) atoms. The van der Waals surface area contributed by atoms with Gasteiger partial charge in [0.2, 0.25) is 5.91 Å². The molecule has 0 fully saturated rings. The molecule has 4 rings (SSSR count). The highest BCUT2D eigenvalue weighted by atomic mass is 16.5. The smallest absolute Gasteiger partial charge is 0.223 e. The molecule has 1 aliphatic heterocycles. The van der Waals surface area contributed by atoms with Crippen molar-refractivity contribution in [3.8, 4) is 22.9 Å². The normalized spacial score (nSPS) is 16.6. The number of fused-ring (bicyclic) bond motifs is 3. The molecule has 0 spiro atoms. The molecule has 1 amide bonds. The summed E-state index contributed by atoms with van der Waals surface area (Å²) in [5.41, 5.74) is 2.12. The SMILES string of the molecule is COc1ccc2cc1OCCn1nc(-c3ccccc3)nc1[C@@H](C)N(C(=O)CC(C)C)CCC2. The van der Waals surface area contributed by atoms with Crippen LogP contribution < -0.4 is 9.47 Å². The minimum atomic E-state index is -0.199. The van der Waals surface area contributed by atoms with Gasteiger partial charge >= 0.3 is 0 Å². The van der Waals surface area contributed by atoms with E-state index < -0.39 is 0 Å². The summed E-state index contributed by atoms with van der Waals surface area (Å²) in [5, 5.41) is 4.81. The maximum Gasteiger partial charge on any atom is 0.223 e. The number of benzene rings is 2. The van der Waals surface area contributed by atoms with E-state index in [9.17, 15) is 4.79 Å². The number of aromatic nitrogens is 3. The van der Waals surface area contributed by atoms with Gasteiger partial charge in [-0.2, -0.15) is 5.10 Å². The quantitative estimate of drug-likeness (QED) is 0.551. The minimum absolute atomic E-state index is 0.153. The molecule has 0 aliphatic carbocycles. The Hall–Kier alpha value is -3.35. The molecule has 0 saturated carbocycles. The Labute approximate surface area is 201 Å². The number of hydrogen-bond acceptors (Lipinski definition) is 5. The van der Waals surface area contributed by atoms with Crippen molar-refractivity contribution in [1.82, 2.24) is 19.7 Å². The summed E-state index contributed by atoms with van der Waals surface area (Å²) < 4.78 is 13.5. The van der Waals surface area contributed by atoms with Crippen LogP contribution in [0.25, 0.3) is 11.4 Å². The summed E-state index contributed by atoms with van der Waals surface area (Å²) in [4.78, 5) is 20.2. The summed E-state index contributed by atoms with van der Waals surface area (Å²) in [6, 6.07) is 15.8. The number of carbonyl (C=O) groups excluding carboxylic acids is 1. The third-order valence-electron chi connectivity index (χ3n) is 6.13. The van der Waals surface area contributed by atoms with E-state index in [4.69, 9.17) is 19.6 Å². The van der Waals surface area contributed by atoms with E-state index in [0.29, 0.717) is 43.6 Å². The van der Waals surface area contributed by atoms with Crippen LogP contribution in [0.15, 0.2) is 48.5 Å². The zero-order valence-electron chi connectivity index (χ0n) is 20.5. The van der Waals surface area contributed by atoms with Gasteiger partial charge in [0.25, 0.3) is 0 Å². The van der Waals surface area contributed by atoms with Crippen molar-refractivity contribution in [1.29, 1.82) is 0 Å². The van der Waals surface area contributed by atoms with Gasteiger partial charge in [-0.3, -0.25) is 4.79 Å². The van der Waals surface area contributed by atoms with E-state index in [-0.39, 0.29) is 11.9 Å². The van der Waals surface area contributed by atoms with Gasteiger partial charge in [-0.25, -0.2) is 9.67 Å². The predicted octanol–water partition coefficient (Wildman–Crippen LogP) is 4.91. The van der Waals surface area contributed by atoms with Crippen LogP contribution in [-0.4, -0.2) is 45.8 Å². The maximum absolute atomic E-state index is 13.3. The Morgan fingerprint density at radius 1 is 1.18 bits per heavy atom. The first-order valence-corrected chi connectivity index (χ1v) is 12.1. The average Bonchev–Trinajstić information content (AvgIpc) is 3.25. The highest BCUT2D eigenvalue weighted by Crippen LogP contribution is 2.30. The molecule has 1 aromatic heterocycles. The highest BCUT2D eigenvalue weighted by molar-refractivity contribution is 5.76. The lowest BCUT2D eigenvalue weighted by Gasteiger charge is -2.29. The van der Waals surface area contributed by atoms with Crippen molar-refractivity contribution >= 4 is 5.91 Å². The van der Waals surface area contributed by atoms with Crippen LogP contribution in [0, 0.1) is 5.92 Å². The fraction of sp³-hybridized carbons (Fsp3) is 0.444. The Balaban J connectivity index is 1.72. The summed E-state index contributed by atoms with van der Waals surface area (Å²) in [7, 11) is 1.65. The fourth-order valence-corrected chi connectivity index (χ4v) is 4.36. The molecule has 180 valence electrons. The van der Waals surface area contributed by atoms with Crippen LogP contribution in [0.4, 0.5) is 0 Å². The van der Waals surface area contributed by atoms with Crippen LogP contribution in [0.5, 0.6) is 11.5 Å². The Morgan fingerprint density at radius 2 is 1.97 bits per heavy atom. The van der Waals surface area contributed by atoms with Gasteiger partial charge in [0.1, 0.15) is 12.4 Å². The van der Waals surface area contributed by atoms with Crippen LogP contribution in [-0.2, 0) is 17.8 Å². The second kappa shape index (κ2) is 10.7. The number of amides is 1. The highest BCUT2D eigenvalue weighted by Gasteiger charge is 2.27. The Morgan fingerprint density at radius 3 is 2.71 bits per heavy atom. The minimum Gasteiger partial charge on any atom is -0.493 e. The van der Waals surface area contributed by atoms with Crippen molar-refractivity contribution in [2.75, 3.05) is 20.3 Å². The molecular formula is C27H34N4O3. The largest absolute Gasteiger partial charge is 0.493 e. The molecule has 1 aliphatic rings. The van der Waals surface area contributed by atoms with Crippen molar-refractivity contribution in [3.05, 3.63) is 59.9 Å². The van der Waals surface area contributed by atoms with Crippen LogP contribution >= 0.6 is 0 Å². The molecule has 1 atom stereocenters. The third-order valence-corrected chi connectivity index (χ3v) is 6.13. The number of methoxy groups -OCH3 is 1. The molecule has 2 heterocycles. The van der Waals surface area contributed by atoms with E-state index >= 15 is 0 Å². The first kappa shape index (κ1) is 23.8. The van der Waals surface area contributed by atoms with Gasteiger partial charge in [-0.1, -0.05) is 50.2 Å². The van der Waals surface area contributed by atoms with Gasteiger partial charge in [0.15, 0.2) is 17.3 Å². The molecule has 0 unspecified atom stereocenters. The third kappa shape index (κ3) is 5.41. The van der Waals surface area contributed by atoms with Crippen molar-refractivity contribution < 1.29 is 14.3 Å². The molecule has 3 aromatic rings. The lowest BCUT2D eigenvalue weighted by molar-refractivity contribution is -0.134. The van der Waals surface area contributed by atoms with Gasteiger partial charge < -0.3 is 14.4 Å². The summed E-state index contributed by atoms with van der Waals surface area (Å²) in [6.45, 7) is 7.79. The zero-order valence-corrected chi connectivity index (χ0v) is 20.5. The van der Waals surface area contributed by atoms with Gasteiger partial charge in [-0.15, -0.1) is 0 Å². The maximum atomic E-state index is 13.3. The second-order valence-electron chi connectivity index (χ2n) is 9.18. The number of carbonyl (C=O) groups is 1. The number of rotatable bonds is 4. The Bertz CT molecular complexity index is 1110. The van der Waals surface area contributed by atoms with Gasteiger partial charge in [-0.05, 0) is 43.4 Å². The zero-order chi connectivity index (χ0) is 24.1. The number of ether oxygens (including phenoxy) is 2. The molecule has 0 N–H and O–H groups in total. The monoisotopic (exact) mass is 462 g/mol. The van der Waals surface area contributed by atoms with Crippen LogP contribution in [0.2, 0.25) is 0 Å². The lowest BCUT2D eigenvalue weighted by atomic mass is 10.1. The van der Waals surface area contributed by atoms with E-state index in [1.165, 1.54) is 5.56 Å². The van der Waals surface area contributed by atoms with E-state index in [0.717, 1.165) is 30.0 Å². The first-order chi connectivity index (χ1) is 16.5. The first-order valence-electron chi connectivity index (χ1n) is 12.1. The summed E-state index contributed by atoms with van der Waals surface area (Å²) in [5.74, 6) is 3.32. The summed E-state index contributed by atoms with van der Waals surface area (Å²) >= 11 is 0. The number of nitrogens with zero attached hydrogens (tertiary/aromatic N) is 4. The van der Waals surface area contributed by atoms with Crippen molar-refractivity contribution in [2.24, 2.45) is 5.92 Å². The number of hydrogen-bond donors (Lipinski definition) is 0. The molecule has 7 heteroatoms. The van der Waals surface area contributed by atoms with E-state index in [1.54, 1.807) is 7.11 Å². The fourth-order valence-electron chi connectivity index (χ4n) is 4.36. The van der Waals surface area contributed by atoms with E-state index in [1.807, 2.05) is 52.0 Å². The van der Waals surface area contributed by atoms with Crippen LogP contribution in [0.3, 0.4) is 0 Å². The van der Waals surface area contributed by atoms with E-state index in [2.05, 4.69) is 26.8 Å². The molecule has 7 nitrogen and oxygen atoms in total. The Kier molecular flexibility index (Phi) is 7.50. The van der Waals surface area contributed by atoms with Gasteiger partial charge in [0.05, 0.1) is 19.7 Å².